The molecule has 2 nitrogen and oxygen atoms in total. The summed E-state index contributed by atoms with van der Waals surface area (Å²) in [5.41, 5.74) is 0.481. The molecule has 1 aromatic carbocycles. The summed E-state index contributed by atoms with van der Waals surface area (Å²) in [7, 11) is 0. The second kappa shape index (κ2) is 4.38. The molecule has 3 rings (SSSR count). The van der Waals surface area contributed by atoms with Gasteiger partial charge in [-0.2, -0.15) is 0 Å². The Kier molecular flexibility index (Phi) is 2.84. The summed E-state index contributed by atoms with van der Waals surface area (Å²) >= 11 is 0. The fourth-order valence-corrected chi connectivity index (χ4v) is 2.61. The minimum atomic E-state index is -0.337. The van der Waals surface area contributed by atoms with Crippen LogP contribution in [0.1, 0.15) is 43.0 Å². The van der Waals surface area contributed by atoms with Crippen molar-refractivity contribution in [1.82, 2.24) is 4.90 Å². The summed E-state index contributed by atoms with van der Waals surface area (Å²) < 4.78 is 13.2. The molecule has 0 bridgehead atoms. The van der Waals surface area contributed by atoms with Crippen LogP contribution in [0.2, 0.25) is 0 Å². The van der Waals surface area contributed by atoms with E-state index in [2.05, 4.69) is 6.92 Å². The first-order chi connectivity index (χ1) is 8.66. The monoisotopic (exact) mass is 247 g/mol. The molecule has 0 N–H and O–H groups in total. The zero-order valence-corrected chi connectivity index (χ0v) is 10.6. The molecule has 2 fully saturated rings. The van der Waals surface area contributed by atoms with E-state index >= 15 is 0 Å². The number of hydrogen-bond acceptors (Lipinski definition) is 1. The van der Waals surface area contributed by atoms with Gasteiger partial charge in [0.2, 0.25) is 0 Å². The van der Waals surface area contributed by atoms with Crippen LogP contribution in [0.25, 0.3) is 0 Å². The van der Waals surface area contributed by atoms with E-state index in [1.807, 2.05) is 4.90 Å². The number of halogens is 1. The van der Waals surface area contributed by atoms with Crippen LogP contribution in [-0.4, -0.2) is 22.9 Å². The van der Waals surface area contributed by atoms with Crippen LogP contribution in [0, 0.1) is 11.7 Å². The molecule has 0 spiro atoms. The number of benzene rings is 1. The maximum absolute atomic E-state index is 13.2. The second-order valence-electron chi connectivity index (χ2n) is 5.53. The van der Waals surface area contributed by atoms with Gasteiger partial charge in [0.05, 0.1) is 0 Å². The van der Waals surface area contributed by atoms with Crippen LogP contribution in [0.15, 0.2) is 24.3 Å². The third-order valence-corrected chi connectivity index (χ3v) is 3.99. The van der Waals surface area contributed by atoms with Crippen molar-refractivity contribution in [1.29, 1.82) is 0 Å². The second-order valence-corrected chi connectivity index (χ2v) is 5.53. The summed E-state index contributed by atoms with van der Waals surface area (Å²) in [5, 5.41) is 0. The van der Waals surface area contributed by atoms with Crippen LogP contribution >= 0.6 is 0 Å². The molecule has 18 heavy (non-hydrogen) atoms. The van der Waals surface area contributed by atoms with Crippen LogP contribution in [0.4, 0.5) is 4.39 Å². The Morgan fingerprint density at radius 3 is 2.61 bits per heavy atom. The van der Waals surface area contributed by atoms with Crippen molar-refractivity contribution < 1.29 is 9.18 Å². The van der Waals surface area contributed by atoms with Gasteiger partial charge < -0.3 is 4.90 Å². The standard InChI is InChI=1S/C15H18FNO/c1-10(11-5-6-11)17(14-7-8-14)15(18)12-3-2-4-13(16)9-12/h2-4,9-11,14H,5-8H2,1H3. The minimum absolute atomic E-state index is 0.00333. The van der Waals surface area contributed by atoms with Crippen LogP contribution in [0.5, 0.6) is 0 Å². The van der Waals surface area contributed by atoms with E-state index < -0.39 is 0 Å². The maximum Gasteiger partial charge on any atom is 0.254 e. The van der Waals surface area contributed by atoms with Crippen molar-refractivity contribution in [3.63, 3.8) is 0 Å². The van der Waals surface area contributed by atoms with E-state index in [4.69, 9.17) is 0 Å². The van der Waals surface area contributed by atoms with E-state index in [0.29, 0.717) is 23.6 Å². The van der Waals surface area contributed by atoms with Crippen molar-refractivity contribution in [2.24, 2.45) is 5.92 Å². The lowest BCUT2D eigenvalue weighted by molar-refractivity contribution is 0.0653. The van der Waals surface area contributed by atoms with Gasteiger partial charge in [0.25, 0.3) is 5.91 Å². The lowest BCUT2D eigenvalue weighted by Gasteiger charge is -2.29. The van der Waals surface area contributed by atoms with E-state index in [-0.39, 0.29) is 11.7 Å². The number of hydrogen-bond donors (Lipinski definition) is 0. The predicted molar refractivity (Wildman–Crippen MR) is 67.8 cm³/mol. The normalized spacial score (nSPS) is 20.6. The predicted octanol–water partition coefficient (Wildman–Crippen LogP) is 3.23. The molecule has 0 heterocycles. The Morgan fingerprint density at radius 2 is 2.06 bits per heavy atom. The van der Waals surface area contributed by atoms with Gasteiger partial charge in [0, 0.05) is 17.6 Å². The van der Waals surface area contributed by atoms with Gasteiger partial charge in [0.15, 0.2) is 0 Å². The fraction of sp³-hybridized carbons (Fsp3) is 0.533. The van der Waals surface area contributed by atoms with E-state index in [9.17, 15) is 9.18 Å². The largest absolute Gasteiger partial charge is 0.333 e. The van der Waals surface area contributed by atoms with E-state index in [1.165, 1.54) is 25.0 Å². The first kappa shape index (κ1) is 11.7. The fourth-order valence-electron chi connectivity index (χ4n) is 2.61. The molecule has 3 heteroatoms. The van der Waals surface area contributed by atoms with Gasteiger partial charge in [-0.3, -0.25) is 4.79 Å². The number of carbonyl (C=O) groups excluding carboxylic acids is 1. The molecular weight excluding hydrogens is 229 g/mol. The Balaban J connectivity index is 1.83. The zero-order valence-electron chi connectivity index (χ0n) is 10.6. The van der Waals surface area contributed by atoms with Gasteiger partial charge in [0.1, 0.15) is 5.82 Å². The average molecular weight is 247 g/mol. The highest BCUT2D eigenvalue weighted by molar-refractivity contribution is 5.94. The quantitative estimate of drug-likeness (QED) is 0.800. The topological polar surface area (TPSA) is 20.3 Å². The molecule has 2 aliphatic rings. The molecule has 0 radical (unpaired) electrons. The Labute approximate surface area is 107 Å². The van der Waals surface area contributed by atoms with Gasteiger partial charge in [-0.25, -0.2) is 4.39 Å². The molecule has 0 aliphatic heterocycles. The van der Waals surface area contributed by atoms with Crippen LogP contribution in [0.3, 0.4) is 0 Å². The summed E-state index contributed by atoms with van der Waals surface area (Å²) in [6.45, 7) is 2.13. The molecule has 0 aromatic heterocycles. The van der Waals surface area contributed by atoms with Crippen LogP contribution < -0.4 is 0 Å². The molecule has 1 aromatic rings. The lowest BCUT2D eigenvalue weighted by atomic mass is 10.1. The molecule has 0 saturated heterocycles. The molecule has 1 unspecified atom stereocenters. The SMILES string of the molecule is CC(C1CC1)N(C(=O)c1cccc(F)c1)C1CC1. The van der Waals surface area contributed by atoms with Crippen LogP contribution in [-0.2, 0) is 0 Å². The summed E-state index contributed by atoms with van der Waals surface area (Å²) in [6, 6.07) is 6.72. The van der Waals surface area contributed by atoms with Crippen molar-refractivity contribution in [3.8, 4) is 0 Å². The van der Waals surface area contributed by atoms with Crippen molar-refractivity contribution in [3.05, 3.63) is 35.6 Å². The number of amides is 1. The highest BCUT2D eigenvalue weighted by atomic mass is 19.1. The van der Waals surface area contributed by atoms with Gasteiger partial charge in [-0.15, -0.1) is 0 Å². The Bertz CT molecular complexity index is 465. The lowest BCUT2D eigenvalue weighted by Crippen LogP contribution is -2.41. The van der Waals surface area contributed by atoms with E-state index in [1.54, 1.807) is 12.1 Å². The summed E-state index contributed by atoms with van der Waals surface area (Å²) in [6.07, 6.45) is 4.64. The van der Waals surface area contributed by atoms with Gasteiger partial charge >= 0.3 is 0 Å². The zero-order chi connectivity index (χ0) is 12.7. The Hall–Kier alpha value is -1.38. The highest BCUT2D eigenvalue weighted by Gasteiger charge is 2.41. The number of rotatable bonds is 4. The molecule has 2 saturated carbocycles. The molecular formula is C15H18FNO. The Morgan fingerprint density at radius 1 is 1.33 bits per heavy atom. The molecule has 1 amide bonds. The third-order valence-electron chi connectivity index (χ3n) is 3.99. The smallest absolute Gasteiger partial charge is 0.254 e. The van der Waals surface area contributed by atoms with Gasteiger partial charge in [-0.05, 0) is 56.7 Å². The van der Waals surface area contributed by atoms with Crippen molar-refractivity contribution in [2.45, 2.75) is 44.7 Å². The van der Waals surface area contributed by atoms with Crippen molar-refractivity contribution in [2.75, 3.05) is 0 Å². The summed E-state index contributed by atoms with van der Waals surface area (Å²) in [4.78, 5) is 14.5. The average Bonchev–Trinajstić information content (AvgIpc) is 3.21. The van der Waals surface area contributed by atoms with Gasteiger partial charge in [-0.1, -0.05) is 6.07 Å². The van der Waals surface area contributed by atoms with Crippen molar-refractivity contribution >= 4 is 5.91 Å². The number of carbonyl (C=O) groups is 1. The summed E-state index contributed by atoms with van der Waals surface area (Å²) in [5.74, 6) is 0.315. The molecule has 96 valence electrons. The van der Waals surface area contributed by atoms with E-state index in [0.717, 1.165) is 12.8 Å². The highest BCUT2D eigenvalue weighted by Crippen LogP contribution is 2.40. The maximum atomic E-state index is 13.2. The first-order valence-electron chi connectivity index (χ1n) is 6.75. The third kappa shape index (κ3) is 2.26. The molecule has 1 atom stereocenters. The molecule has 2 aliphatic carbocycles. The minimum Gasteiger partial charge on any atom is -0.333 e. The number of nitrogens with zero attached hydrogens (tertiary/aromatic N) is 1. The first-order valence-corrected chi connectivity index (χ1v) is 6.75.